The van der Waals surface area contributed by atoms with Crippen molar-refractivity contribution < 1.29 is 22.7 Å². The van der Waals surface area contributed by atoms with Crippen LogP contribution < -0.4 is 5.32 Å². The van der Waals surface area contributed by atoms with Gasteiger partial charge in [-0.05, 0) is 12.5 Å². The molecule has 0 aromatic carbocycles. The monoisotopic (exact) mass is 274 g/mol. The fraction of sp³-hybridized carbons (Fsp3) is 0.500. The zero-order chi connectivity index (χ0) is 14.0. The highest BCUT2D eigenvalue weighted by Gasteiger charge is 2.38. The van der Waals surface area contributed by atoms with E-state index in [-0.39, 0.29) is 6.10 Å². The number of hydrogen-bond donors (Lipinski definition) is 1. The lowest BCUT2D eigenvalue weighted by atomic mass is 9.99. The van der Waals surface area contributed by atoms with E-state index in [2.05, 4.69) is 10.3 Å². The fourth-order valence-corrected chi connectivity index (χ4v) is 2.11. The quantitative estimate of drug-likeness (QED) is 0.852. The SMILES string of the molecule is COC1CNC(C(=O)c2cnccc2C(F)(F)F)C1. The van der Waals surface area contributed by atoms with Crippen molar-refractivity contribution in [1.82, 2.24) is 10.3 Å². The predicted molar refractivity (Wildman–Crippen MR) is 60.8 cm³/mol. The van der Waals surface area contributed by atoms with E-state index in [1.807, 2.05) is 0 Å². The third kappa shape index (κ3) is 2.93. The summed E-state index contributed by atoms with van der Waals surface area (Å²) < 4.78 is 43.5. The Morgan fingerprint density at radius 2 is 2.26 bits per heavy atom. The molecule has 19 heavy (non-hydrogen) atoms. The summed E-state index contributed by atoms with van der Waals surface area (Å²) in [6.07, 6.45) is -2.36. The molecule has 0 aliphatic carbocycles. The molecule has 2 atom stereocenters. The number of pyridine rings is 1. The molecule has 2 rings (SSSR count). The van der Waals surface area contributed by atoms with Crippen molar-refractivity contribution in [3.05, 3.63) is 29.6 Å². The number of aromatic nitrogens is 1. The lowest BCUT2D eigenvalue weighted by Crippen LogP contribution is -2.32. The number of ketones is 1. The maximum absolute atomic E-state index is 12.8. The summed E-state index contributed by atoms with van der Waals surface area (Å²) >= 11 is 0. The molecule has 1 aromatic rings. The van der Waals surface area contributed by atoms with Crippen LogP contribution in [0.25, 0.3) is 0 Å². The first-order valence-electron chi connectivity index (χ1n) is 5.75. The van der Waals surface area contributed by atoms with Crippen molar-refractivity contribution in [2.45, 2.75) is 24.7 Å². The van der Waals surface area contributed by atoms with Crippen LogP contribution in [0.1, 0.15) is 22.3 Å². The minimum absolute atomic E-state index is 0.153. The van der Waals surface area contributed by atoms with E-state index in [9.17, 15) is 18.0 Å². The molecule has 1 aliphatic rings. The molecule has 0 saturated carbocycles. The number of rotatable bonds is 3. The van der Waals surface area contributed by atoms with E-state index in [4.69, 9.17) is 4.74 Å². The van der Waals surface area contributed by atoms with Crippen molar-refractivity contribution in [2.75, 3.05) is 13.7 Å². The highest BCUT2D eigenvalue weighted by atomic mass is 19.4. The zero-order valence-electron chi connectivity index (χ0n) is 10.2. The van der Waals surface area contributed by atoms with Crippen LogP contribution in [0.4, 0.5) is 13.2 Å². The Morgan fingerprint density at radius 1 is 1.53 bits per heavy atom. The van der Waals surface area contributed by atoms with Gasteiger partial charge in [0.2, 0.25) is 0 Å². The van der Waals surface area contributed by atoms with Crippen molar-refractivity contribution >= 4 is 5.78 Å². The van der Waals surface area contributed by atoms with E-state index >= 15 is 0 Å². The molecule has 0 bridgehead atoms. The fourth-order valence-electron chi connectivity index (χ4n) is 2.11. The van der Waals surface area contributed by atoms with Gasteiger partial charge in [-0.15, -0.1) is 0 Å². The summed E-state index contributed by atoms with van der Waals surface area (Å²) in [6, 6.07) is 0.158. The van der Waals surface area contributed by atoms with Gasteiger partial charge in [-0.25, -0.2) is 0 Å². The standard InChI is InChI=1S/C12H13F3N2O2/c1-19-7-4-10(17-5-7)11(18)8-6-16-3-2-9(8)12(13,14)15/h2-3,6-7,10,17H,4-5H2,1H3. The van der Waals surface area contributed by atoms with Gasteiger partial charge in [0.1, 0.15) is 0 Å². The van der Waals surface area contributed by atoms with Crippen LogP contribution in [0.15, 0.2) is 18.5 Å². The van der Waals surface area contributed by atoms with Crippen molar-refractivity contribution in [2.24, 2.45) is 0 Å². The van der Waals surface area contributed by atoms with E-state index in [0.29, 0.717) is 13.0 Å². The van der Waals surface area contributed by atoms with Gasteiger partial charge in [-0.1, -0.05) is 0 Å². The summed E-state index contributed by atoms with van der Waals surface area (Å²) in [5.41, 5.74) is -1.35. The summed E-state index contributed by atoms with van der Waals surface area (Å²) in [4.78, 5) is 15.7. The molecule has 2 heterocycles. The lowest BCUT2D eigenvalue weighted by Gasteiger charge is -2.14. The number of alkyl halides is 3. The minimum Gasteiger partial charge on any atom is -0.380 e. The maximum Gasteiger partial charge on any atom is 0.417 e. The van der Waals surface area contributed by atoms with E-state index in [1.54, 1.807) is 0 Å². The Morgan fingerprint density at radius 3 is 2.84 bits per heavy atom. The van der Waals surface area contributed by atoms with Crippen LogP contribution in [0.5, 0.6) is 0 Å². The molecular weight excluding hydrogens is 261 g/mol. The van der Waals surface area contributed by atoms with Crippen LogP contribution in [-0.2, 0) is 10.9 Å². The number of Topliss-reactive ketones (excluding diaryl/α,β-unsaturated/α-hetero) is 1. The average molecular weight is 274 g/mol. The van der Waals surface area contributed by atoms with Gasteiger partial charge < -0.3 is 10.1 Å². The van der Waals surface area contributed by atoms with Gasteiger partial charge >= 0.3 is 6.18 Å². The number of carbonyl (C=O) groups excluding carboxylic acids is 1. The predicted octanol–water partition coefficient (Wildman–Crippen LogP) is 1.66. The van der Waals surface area contributed by atoms with E-state index < -0.39 is 29.1 Å². The number of carbonyl (C=O) groups is 1. The van der Waals surface area contributed by atoms with Crippen LogP contribution in [0.3, 0.4) is 0 Å². The van der Waals surface area contributed by atoms with E-state index in [1.165, 1.54) is 7.11 Å². The topological polar surface area (TPSA) is 51.2 Å². The molecule has 1 aromatic heterocycles. The number of nitrogens with zero attached hydrogens (tertiary/aromatic N) is 1. The molecule has 104 valence electrons. The Labute approximate surface area is 108 Å². The molecule has 1 fully saturated rings. The number of methoxy groups -OCH3 is 1. The molecule has 0 radical (unpaired) electrons. The first-order valence-corrected chi connectivity index (χ1v) is 5.75. The molecular formula is C12H13F3N2O2. The molecule has 0 amide bonds. The van der Waals surface area contributed by atoms with Crippen molar-refractivity contribution in [3.8, 4) is 0 Å². The van der Waals surface area contributed by atoms with Gasteiger partial charge in [-0.2, -0.15) is 13.2 Å². The second-order valence-corrected chi connectivity index (χ2v) is 4.34. The molecule has 1 aliphatic heterocycles. The molecule has 0 spiro atoms. The second-order valence-electron chi connectivity index (χ2n) is 4.34. The maximum atomic E-state index is 12.8. The van der Waals surface area contributed by atoms with Gasteiger partial charge in [0.05, 0.1) is 17.7 Å². The highest BCUT2D eigenvalue weighted by Crippen LogP contribution is 2.32. The first-order chi connectivity index (χ1) is 8.93. The Bertz CT molecular complexity index is 476. The molecule has 1 saturated heterocycles. The summed E-state index contributed by atoms with van der Waals surface area (Å²) in [7, 11) is 1.50. The Hall–Kier alpha value is -1.47. The Balaban J connectivity index is 2.25. The normalized spacial score (nSPS) is 23.6. The number of halogens is 3. The third-order valence-corrected chi connectivity index (χ3v) is 3.13. The number of hydrogen-bond acceptors (Lipinski definition) is 4. The lowest BCUT2D eigenvalue weighted by molar-refractivity contribution is -0.138. The smallest absolute Gasteiger partial charge is 0.380 e. The third-order valence-electron chi connectivity index (χ3n) is 3.13. The van der Waals surface area contributed by atoms with Gasteiger partial charge in [0, 0.05) is 31.6 Å². The van der Waals surface area contributed by atoms with Gasteiger partial charge in [-0.3, -0.25) is 9.78 Å². The van der Waals surface area contributed by atoms with Crippen LogP contribution in [0.2, 0.25) is 0 Å². The van der Waals surface area contributed by atoms with E-state index in [0.717, 1.165) is 18.5 Å². The number of ether oxygens (including phenoxy) is 1. The first kappa shape index (κ1) is 14.0. The largest absolute Gasteiger partial charge is 0.417 e. The Kier molecular flexibility index (Phi) is 3.86. The van der Waals surface area contributed by atoms with Gasteiger partial charge in [0.15, 0.2) is 5.78 Å². The second kappa shape index (κ2) is 5.26. The average Bonchev–Trinajstić information content (AvgIpc) is 2.85. The molecule has 4 nitrogen and oxygen atoms in total. The summed E-state index contributed by atoms with van der Waals surface area (Å²) in [6.45, 7) is 0.453. The highest BCUT2D eigenvalue weighted by molar-refractivity contribution is 6.01. The molecule has 7 heteroatoms. The van der Waals surface area contributed by atoms with Crippen LogP contribution in [-0.4, -0.2) is 36.6 Å². The van der Waals surface area contributed by atoms with Crippen LogP contribution in [0, 0.1) is 0 Å². The molecule has 1 N–H and O–H groups in total. The number of nitrogens with one attached hydrogen (secondary N) is 1. The van der Waals surface area contributed by atoms with Crippen molar-refractivity contribution in [1.29, 1.82) is 0 Å². The summed E-state index contributed by atoms with van der Waals surface area (Å²) in [5, 5.41) is 2.86. The molecule has 2 unspecified atom stereocenters. The van der Waals surface area contributed by atoms with Crippen LogP contribution >= 0.6 is 0 Å². The summed E-state index contributed by atoms with van der Waals surface area (Å²) in [5.74, 6) is -0.597. The minimum atomic E-state index is -4.56. The zero-order valence-corrected chi connectivity index (χ0v) is 10.2. The van der Waals surface area contributed by atoms with Crippen molar-refractivity contribution in [3.63, 3.8) is 0 Å². The van der Waals surface area contributed by atoms with Gasteiger partial charge in [0.25, 0.3) is 0 Å².